The van der Waals surface area contributed by atoms with Crippen molar-refractivity contribution in [3.05, 3.63) is 45.2 Å². The molecule has 36 heavy (non-hydrogen) atoms. The van der Waals surface area contributed by atoms with Gasteiger partial charge < -0.3 is 18.8 Å². The first-order valence-corrected chi connectivity index (χ1v) is 13.2. The van der Waals surface area contributed by atoms with Crippen molar-refractivity contribution in [2.75, 3.05) is 19.8 Å². The van der Waals surface area contributed by atoms with Crippen LogP contribution in [0.3, 0.4) is 0 Å². The number of aromatic nitrogens is 1. The average molecular weight is 527 g/mol. The molecule has 1 amide bonds. The predicted octanol–water partition coefficient (Wildman–Crippen LogP) is 5.73. The van der Waals surface area contributed by atoms with Gasteiger partial charge in [0, 0.05) is 30.7 Å². The molecule has 0 N–H and O–H groups in total. The maximum atomic E-state index is 13.5. The first-order valence-electron chi connectivity index (χ1n) is 12.4. The Morgan fingerprint density at radius 1 is 1.14 bits per heavy atom. The fourth-order valence-electron chi connectivity index (χ4n) is 4.27. The summed E-state index contributed by atoms with van der Waals surface area (Å²) in [6.45, 7) is 8.37. The highest BCUT2D eigenvalue weighted by Crippen LogP contribution is 2.33. The summed E-state index contributed by atoms with van der Waals surface area (Å²) in [6.07, 6.45) is 1.87. The van der Waals surface area contributed by atoms with Crippen molar-refractivity contribution in [2.24, 2.45) is 4.99 Å². The van der Waals surface area contributed by atoms with Crippen LogP contribution in [0.1, 0.15) is 73.7 Å². The van der Waals surface area contributed by atoms with Gasteiger partial charge in [-0.15, -0.1) is 11.3 Å². The van der Waals surface area contributed by atoms with Gasteiger partial charge >= 0.3 is 6.18 Å². The van der Waals surface area contributed by atoms with E-state index >= 15 is 0 Å². The number of carbonyl (C=O) groups excluding carboxylic acids is 1. The number of amides is 1. The van der Waals surface area contributed by atoms with Gasteiger partial charge in [-0.25, -0.2) is 0 Å². The number of rotatable bonds is 7. The minimum Gasteiger partial charge on any atom is -0.493 e. The Balaban J connectivity index is 1.65. The lowest BCUT2D eigenvalue weighted by atomic mass is 9.95. The number of ether oxygens (including phenoxy) is 3. The second-order valence-corrected chi connectivity index (χ2v) is 11.3. The number of carbonyl (C=O) groups is 1. The summed E-state index contributed by atoms with van der Waals surface area (Å²) in [5.41, 5.74) is -1.29. The Morgan fingerprint density at radius 2 is 1.83 bits per heavy atom. The normalized spacial score (nSPS) is 21.3. The summed E-state index contributed by atoms with van der Waals surface area (Å²) in [5, 5.41) is 0. The molecule has 0 aliphatic carbocycles. The van der Waals surface area contributed by atoms with Crippen LogP contribution in [0.15, 0.2) is 29.4 Å². The van der Waals surface area contributed by atoms with Crippen molar-refractivity contribution >= 4 is 17.2 Å². The molecule has 2 aliphatic heterocycles. The summed E-state index contributed by atoms with van der Waals surface area (Å²) in [4.78, 5) is 19.0. The fraction of sp³-hybridized carbons (Fsp3) is 0.615. The molecule has 0 spiro atoms. The van der Waals surface area contributed by atoms with Crippen LogP contribution in [-0.4, -0.2) is 42.5 Å². The number of thiazole rings is 1. The summed E-state index contributed by atoms with van der Waals surface area (Å²) in [5.74, 6) is -0.676. The van der Waals surface area contributed by atoms with Gasteiger partial charge in [0.1, 0.15) is 5.75 Å². The van der Waals surface area contributed by atoms with E-state index in [-0.39, 0.29) is 35.5 Å². The van der Waals surface area contributed by atoms with Crippen molar-refractivity contribution in [1.82, 2.24) is 4.57 Å². The summed E-state index contributed by atoms with van der Waals surface area (Å²) < 4.78 is 59.4. The highest BCUT2D eigenvalue weighted by atomic mass is 32.1. The molecular formula is C26H33F3N2O4S. The quantitative estimate of drug-likeness (QED) is 0.462. The third kappa shape index (κ3) is 6.77. The number of hydrogen-bond donors (Lipinski definition) is 0. The van der Waals surface area contributed by atoms with E-state index in [2.05, 4.69) is 25.8 Å². The highest BCUT2D eigenvalue weighted by molar-refractivity contribution is 7.09. The standard InChI is InChI=1S/C26H33F3N2O4S/c1-25(2,3)22-16-31(15-19-7-5-12-34-19)24(36-22)30-23(32)20-14-17(26(27,28)29)8-9-21(20)35-13-10-18-6-4-11-33-18/h8-9,14,16,18-19H,4-7,10-13,15H2,1-3H3/t18?,19-/m1/s1. The topological polar surface area (TPSA) is 62.1 Å². The molecule has 0 bridgehead atoms. The van der Waals surface area contributed by atoms with Crippen LogP contribution in [0, 0.1) is 0 Å². The first kappa shape index (κ1) is 26.9. The second kappa shape index (κ2) is 11.1. The molecule has 1 aromatic heterocycles. The molecule has 2 aliphatic rings. The molecule has 2 atom stereocenters. The van der Waals surface area contributed by atoms with Crippen LogP contribution in [0.25, 0.3) is 0 Å². The maximum Gasteiger partial charge on any atom is 0.416 e. The Bertz CT molecular complexity index is 1120. The summed E-state index contributed by atoms with van der Waals surface area (Å²) >= 11 is 1.36. The van der Waals surface area contributed by atoms with Gasteiger partial charge in [0.2, 0.25) is 0 Å². The minimum absolute atomic E-state index is 0.0201. The molecule has 6 nitrogen and oxygen atoms in total. The van der Waals surface area contributed by atoms with Crippen LogP contribution in [0.4, 0.5) is 13.2 Å². The van der Waals surface area contributed by atoms with E-state index in [1.807, 2.05) is 10.8 Å². The van der Waals surface area contributed by atoms with Gasteiger partial charge in [-0.3, -0.25) is 4.79 Å². The molecular weight excluding hydrogens is 493 g/mol. The number of alkyl halides is 3. The van der Waals surface area contributed by atoms with E-state index in [4.69, 9.17) is 14.2 Å². The van der Waals surface area contributed by atoms with E-state index < -0.39 is 17.6 Å². The van der Waals surface area contributed by atoms with Crippen molar-refractivity contribution in [2.45, 2.75) is 83.2 Å². The van der Waals surface area contributed by atoms with E-state index in [0.717, 1.165) is 42.7 Å². The van der Waals surface area contributed by atoms with Crippen LogP contribution < -0.4 is 9.54 Å². The monoisotopic (exact) mass is 526 g/mol. The zero-order valence-corrected chi connectivity index (χ0v) is 21.7. The molecule has 3 heterocycles. The van der Waals surface area contributed by atoms with E-state index in [1.165, 1.54) is 17.4 Å². The van der Waals surface area contributed by atoms with Crippen molar-refractivity contribution in [1.29, 1.82) is 0 Å². The molecule has 198 valence electrons. The molecule has 10 heteroatoms. The molecule has 2 fully saturated rings. The van der Waals surface area contributed by atoms with Crippen molar-refractivity contribution in [3.8, 4) is 5.75 Å². The Kier molecular flexibility index (Phi) is 8.26. The van der Waals surface area contributed by atoms with Gasteiger partial charge in [-0.1, -0.05) is 20.8 Å². The SMILES string of the molecule is CC(C)(C)c1cn(C[C@H]2CCCO2)c(=NC(=O)c2cc(C(F)(F)F)ccc2OCCC2CCCO2)s1. The largest absolute Gasteiger partial charge is 0.493 e. The zero-order chi connectivity index (χ0) is 25.9. The van der Waals surface area contributed by atoms with Gasteiger partial charge in [0.15, 0.2) is 4.80 Å². The molecule has 0 saturated carbocycles. The molecule has 4 rings (SSSR count). The third-order valence-electron chi connectivity index (χ3n) is 6.34. The highest BCUT2D eigenvalue weighted by Gasteiger charge is 2.32. The van der Waals surface area contributed by atoms with Gasteiger partial charge in [-0.05, 0) is 49.3 Å². The number of hydrogen-bond acceptors (Lipinski definition) is 5. The molecule has 1 aromatic carbocycles. The summed E-state index contributed by atoms with van der Waals surface area (Å²) in [6, 6.07) is 2.96. The number of benzene rings is 1. The van der Waals surface area contributed by atoms with Crippen LogP contribution in [0.5, 0.6) is 5.75 Å². The fourth-order valence-corrected chi connectivity index (χ4v) is 5.33. The van der Waals surface area contributed by atoms with Gasteiger partial charge in [0.05, 0.1) is 36.5 Å². The average Bonchev–Trinajstić information content (AvgIpc) is 3.56. The lowest BCUT2D eigenvalue weighted by Crippen LogP contribution is -2.23. The smallest absolute Gasteiger partial charge is 0.416 e. The van der Waals surface area contributed by atoms with Gasteiger partial charge in [0.25, 0.3) is 5.91 Å². The molecule has 2 aromatic rings. The molecule has 1 unspecified atom stereocenters. The lowest BCUT2D eigenvalue weighted by molar-refractivity contribution is -0.137. The molecule has 2 saturated heterocycles. The molecule has 0 radical (unpaired) electrons. The van der Waals surface area contributed by atoms with E-state index in [9.17, 15) is 18.0 Å². The lowest BCUT2D eigenvalue weighted by Gasteiger charge is -2.15. The Morgan fingerprint density at radius 3 is 2.44 bits per heavy atom. The first-order chi connectivity index (χ1) is 17.0. The van der Waals surface area contributed by atoms with E-state index in [0.29, 0.717) is 31.0 Å². The van der Waals surface area contributed by atoms with Crippen molar-refractivity contribution < 1.29 is 32.2 Å². The predicted molar refractivity (Wildman–Crippen MR) is 130 cm³/mol. The summed E-state index contributed by atoms with van der Waals surface area (Å²) in [7, 11) is 0. The van der Waals surface area contributed by atoms with Crippen LogP contribution >= 0.6 is 11.3 Å². The minimum atomic E-state index is -4.59. The van der Waals surface area contributed by atoms with E-state index in [1.54, 1.807) is 0 Å². The van der Waals surface area contributed by atoms with Gasteiger partial charge in [-0.2, -0.15) is 18.2 Å². The number of halogens is 3. The zero-order valence-electron chi connectivity index (χ0n) is 20.9. The maximum absolute atomic E-state index is 13.5. The van der Waals surface area contributed by atoms with Crippen LogP contribution in [-0.2, 0) is 27.6 Å². The van der Waals surface area contributed by atoms with Crippen LogP contribution in [0.2, 0.25) is 0 Å². The Hall–Kier alpha value is -2.17. The Labute approximate surface area is 213 Å². The number of nitrogens with zero attached hydrogens (tertiary/aromatic N) is 2. The van der Waals surface area contributed by atoms with Crippen molar-refractivity contribution in [3.63, 3.8) is 0 Å². The third-order valence-corrected chi connectivity index (χ3v) is 7.79. The second-order valence-electron chi connectivity index (χ2n) is 10.3.